The molecule has 0 saturated carbocycles. The quantitative estimate of drug-likeness (QED) is 0.805. The van der Waals surface area contributed by atoms with Gasteiger partial charge in [0.05, 0.1) is 18.8 Å². The third-order valence-corrected chi connectivity index (χ3v) is 5.30. The molecule has 10 heteroatoms. The summed E-state index contributed by atoms with van der Waals surface area (Å²) < 4.78 is 59.2. The van der Waals surface area contributed by atoms with E-state index in [1.165, 1.54) is 17.5 Å². The van der Waals surface area contributed by atoms with Crippen LogP contribution in [0.25, 0.3) is 0 Å². The van der Waals surface area contributed by atoms with Crippen LogP contribution in [0.5, 0.6) is 0 Å². The number of rotatable bonds is 5. The van der Waals surface area contributed by atoms with Gasteiger partial charge in [-0.15, -0.1) is 0 Å². The molecule has 1 aliphatic heterocycles. The fourth-order valence-corrected chi connectivity index (χ4v) is 3.91. The molecule has 0 spiro atoms. The van der Waals surface area contributed by atoms with E-state index >= 15 is 0 Å². The average Bonchev–Trinajstić information content (AvgIpc) is 2.85. The van der Waals surface area contributed by atoms with Gasteiger partial charge in [-0.2, -0.15) is 25.8 Å². The molecule has 7 nitrogen and oxygen atoms in total. The van der Waals surface area contributed by atoms with Crippen LogP contribution >= 0.6 is 0 Å². The van der Waals surface area contributed by atoms with Gasteiger partial charge in [-0.05, 0) is 13.8 Å². The smallest absolute Gasteiger partial charge is 0.319 e. The minimum absolute atomic E-state index is 0.00423. The highest BCUT2D eigenvalue weighted by Crippen LogP contribution is 2.19. The number of imidazole rings is 1. The summed E-state index contributed by atoms with van der Waals surface area (Å²) in [6.07, 6.45) is 1.92. The van der Waals surface area contributed by atoms with E-state index in [0.29, 0.717) is 4.57 Å². The number of alkyl halides is 2. The molecular weight excluding hydrogens is 318 g/mol. The lowest BCUT2D eigenvalue weighted by Gasteiger charge is -2.36. The summed E-state index contributed by atoms with van der Waals surface area (Å²) >= 11 is 0. The van der Waals surface area contributed by atoms with Crippen LogP contribution in [0.4, 0.5) is 8.78 Å². The molecule has 2 unspecified atom stereocenters. The lowest BCUT2D eigenvalue weighted by Crippen LogP contribution is -2.52. The molecule has 1 fully saturated rings. The molecule has 0 amide bonds. The zero-order valence-electron chi connectivity index (χ0n) is 12.7. The SMILES string of the molecule is CC1CN(S(=O)(=O)N(C)Cc2nccn2C(F)F)CC(C)O1. The lowest BCUT2D eigenvalue weighted by atomic mass is 10.3. The zero-order chi connectivity index (χ0) is 16.5. The van der Waals surface area contributed by atoms with Gasteiger partial charge in [-0.25, -0.2) is 4.98 Å². The molecule has 1 aromatic rings. The van der Waals surface area contributed by atoms with Gasteiger partial charge >= 0.3 is 6.55 Å². The summed E-state index contributed by atoms with van der Waals surface area (Å²) in [6, 6.07) is 0. The molecule has 2 heterocycles. The number of aromatic nitrogens is 2. The van der Waals surface area contributed by atoms with Crippen LogP contribution in [0.3, 0.4) is 0 Å². The summed E-state index contributed by atoms with van der Waals surface area (Å²) in [4.78, 5) is 3.80. The Morgan fingerprint density at radius 1 is 1.41 bits per heavy atom. The Bertz CT molecular complexity index is 597. The van der Waals surface area contributed by atoms with Crippen LogP contribution in [-0.4, -0.2) is 58.9 Å². The first kappa shape index (κ1) is 17.3. The fourth-order valence-electron chi connectivity index (χ4n) is 2.44. The van der Waals surface area contributed by atoms with Crippen molar-refractivity contribution >= 4 is 10.2 Å². The molecule has 0 N–H and O–H groups in total. The van der Waals surface area contributed by atoms with Crippen LogP contribution in [0, 0.1) is 0 Å². The Morgan fingerprint density at radius 3 is 2.55 bits per heavy atom. The number of hydrogen-bond acceptors (Lipinski definition) is 4. The maximum atomic E-state index is 12.8. The van der Waals surface area contributed by atoms with Gasteiger partial charge in [0, 0.05) is 32.5 Å². The number of nitrogens with zero attached hydrogens (tertiary/aromatic N) is 4. The van der Waals surface area contributed by atoms with Crippen molar-refractivity contribution in [2.24, 2.45) is 0 Å². The summed E-state index contributed by atoms with van der Waals surface area (Å²) in [5.74, 6) is -0.00423. The molecule has 0 aliphatic carbocycles. The maximum absolute atomic E-state index is 12.8. The van der Waals surface area contributed by atoms with Gasteiger partial charge in [0.15, 0.2) is 0 Å². The molecule has 126 valence electrons. The van der Waals surface area contributed by atoms with E-state index in [2.05, 4.69) is 4.98 Å². The number of morpholine rings is 1. The Balaban J connectivity index is 2.13. The van der Waals surface area contributed by atoms with Crippen molar-refractivity contribution in [3.63, 3.8) is 0 Å². The molecule has 0 bridgehead atoms. The fraction of sp³-hybridized carbons (Fsp3) is 0.750. The number of ether oxygens (including phenoxy) is 1. The highest BCUT2D eigenvalue weighted by atomic mass is 32.2. The maximum Gasteiger partial charge on any atom is 0.319 e. The Labute approximate surface area is 128 Å². The van der Waals surface area contributed by atoms with Crippen molar-refractivity contribution in [1.82, 2.24) is 18.2 Å². The number of halogens is 2. The van der Waals surface area contributed by atoms with Gasteiger partial charge in [0.2, 0.25) is 0 Å². The Hall–Kier alpha value is -1.10. The molecule has 0 aromatic carbocycles. The predicted octanol–water partition coefficient (Wildman–Crippen LogP) is 1.06. The van der Waals surface area contributed by atoms with Crippen molar-refractivity contribution < 1.29 is 21.9 Å². The number of hydrogen-bond donors (Lipinski definition) is 0. The van der Waals surface area contributed by atoms with Gasteiger partial charge in [-0.1, -0.05) is 0 Å². The highest BCUT2D eigenvalue weighted by molar-refractivity contribution is 7.86. The largest absolute Gasteiger partial charge is 0.373 e. The van der Waals surface area contributed by atoms with E-state index in [0.717, 1.165) is 10.5 Å². The third kappa shape index (κ3) is 3.62. The van der Waals surface area contributed by atoms with E-state index in [1.807, 2.05) is 0 Å². The van der Waals surface area contributed by atoms with Crippen LogP contribution in [0.15, 0.2) is 12.4 Å². The van der Waals surface area contributed by atoms with Crippen molar-refractivity contribution in [2.45, 2.75) is 39.1 Å². The second-order valence-electron chi connectivity index (χ2n) is 5.37. The van der Waals surface area contributed by atoms with E-state index in [-0.39, 0.29) is 37.7 Å². The van der Waals surface area contributed by atoms with E-state index < -0.39 is 16.8 Å². The van der Waals surface area contributed by atoms with Crippen LogP contribution in [0.2, 0.25) is 0 Å². The minimum atomic E-state index is -3.76. The van der Waals surface area contributed by atoms with Crippen molar-refractivity contribution in [3.8, 4) is 0 Å². The first-order valence-corrected chi connectivity index (χ1v) is 8.28. The highest BCUT2D eigenvalue weighted by Gasteiger charge is 2.34. The zero-order valence-corrected chi connectivity index (χ0v) is 13.5. The average molecular weight is 338 g/mol. The minimum Gasteiger partial charge on any atom is -0.373 e. The molecular formula is C12H20F2N4O3S. The van der Waals surface area contributed by atoms with Crippen LogP contribution in [-0.2, 0) is 21.5 Å². The van der Waals surface area contributed by atoms with Gasteiger partial charge in [0.1, 0.15) is 5.82 Å². The van der Waals surface area contributed by atoms with Crippen LogP contribution in [0.1, 0.15) is 26.2 Å². The molecule has 1 aliphatic rings. The van der Waals surface area contributed by atoms with Crippen molar-refractivity contribution in [3.05, 3.63) is 18.2 Å². The van der Waals surface area contributed by atoms with Crippen molar-refractivity contribution in [2.75, 3.05) is 20.1 Å². The van der Waals surface area contributed by atoms with Crippen LogP contribution < -0.4 is 0 Å². The van der Waals surface area contributed by atoms with E-state index in [1.54, 1.807) is 13.8 Å². The predicted molar refractivity (Wildman–Crippen MR) is 75.4 cm³/mol. The first-order valence-electron chi connectivity index (χ1n) is 6.88. The molecule has 2 atom stereocenters. The second-order valence-corrected chi connectivity index (χ2v) is 7.40. The van der Waals surface area contributed by atoms with Gasteiger partial charge in [-0.3, -0.25) is 4.57 Å². The van der Waals surface area contributed by atoms with E-state index in [9.17, 15) is 17.2 Å². The normalized spacial score (nSPS) is 24.3. The molecule has 2 rings (SSSR count). The lowest BCUT2D eigenvalue weighted by molar-refractivity contribution is -0.0453. The van der Waals surface area contributed by atoms with E-state index in [4.69, 9.17) is 4.74 Å². The summed E-state index contributed by atoms with van der Waals surface area (Å²) in [5.41, 5.74) is 0. The summed E-state index contributed by atoms with van der Waals surface area (Å²) in [5, 5.41) is 0. The second kappa shape index (κ2) is 6.57. The molecule has 1 saturated heterocycles. The Morgan fingerprint density at radius 2 is 2.00 bits per heavy atom. The third-order valence-electron chi connectivity index (χ3n) is 3.43. The molecule has 22 heavy (non-hydrogen) atoms. The molecule has 1 aromatic heterocycles. The summed E-state index contributed by atoms with van der Waals surface area (Å²) in [6.45, 7) is 1.08. The molecule has 0 radical (unpaired) electrons. The topological polar surface area (TPSA) is 67.7 Å². The Kier molecular flexibility index (Phi) is 5.15. The van der Waals surface area contributed by atoms with Gasteiger partial charge in [0.25, 0.3) is 10.2 Å². The monoisotopic (exact) mass is 338 g/mol. The first-order chi connectivity index (χ1) is 10.2. The summed E-state index contributed by atoms with van der Waals surface area (Å²) in [7, 11) is -2.41. The standard InChI is InChI=1S/C12H20F2N4O3S/c1-9-6-17(7-10(2)21-9)22(19,20)16(3)8-11-15-4-5-18(11)12(13)14/h4-5,9-10,12H,6-8H2,1-3H3. The van der Waals surface area contributed by atoms with Gasteiger partial charge < -0.3 is 4.74 Å². The van der Waals surface area contributed by atoms with Crippen molar-refractivity contribution in [1.29, 1.82) is 0 Å².